The molecule has 5 nitrogen and oxygen atoms in total. The molecule has 104 valence electrons. The van der Waals surface area contributed by atoms with E-state index in [0.29, 0.717) is 5.92 Å². The highest BCUT2D eigenvalue weighted by molar-refractivity contribution is 5.87. The van der Waals surface area contributed by atoms with Gasteiger partial charge in [-0.25, -0.2) is 4.79 Å². The molecule has 2 rings (SSSR count). The summed E-state index contributed by atoms with van der Waals surface area (Å²) in [6.45, 7) is 5.07. The summed E-state index contributed by atoms with van der Waals surface area (Å²) in [6.07, 6.45) is 3.80. The lowest BCUT2D eigenvalue weighted by Crippen LogP contribution is -2.46. The van der Waals surface area contributed by atoms with Crippen LogP contribution in [0.25, 0.3) is 0 Å². The Bertz CT molecular complexity index is 481. The van der Waals surface area contributed by atoms with Crippen molar-refractivity contribution in [3.05, 3.63) is 24.0 Å². The van der Waals surface area contributed by atoms with Gasteiger partial charge < -0.3 is 14.6 Å². The monoisotopic (exact) mass is 264 g/mol. The van der Waals surface area contributed by atoms with E-state index in [1.165, 1.54) is 10.6 Å². The Morgan fingerprint density at radius 2 is 2.11 bits per heavy atom. The maximum absolute atomic E-state index is 12.3. The minimum Gasteiger partial charge on any atom is -0.477 e. The van der Waals surface area contributed by atoms with Crippen molar-refractivity contribution in [1.82, 2.24) is 9.47 Å². The Kier molecular flexibility index (Phi) is 3.93. The van der Waals surface area contributed by atoms with Crippen molar-refractivity contribution >= 4 is 11.9 Å². The number of rotatable bonds is 3. The molecule has 1 aromatic heterocycles. The van der Waals surface area contributed by atoms with Crippen LogP contribution in [-0.2, 0) is 11.3 Å². The number of nitrogens with zero attached hydrogens (tertiary/aromatic N) is 2. The first-order valence-corrected chi connectivity index (χ1v) is 6.67. The Balaban J connectivity index is 2.08. The van der Waals surface area contributed by atoms with Crippen LogP contribution in [0.5, 0.6) is 0 Å². The first kappa shape index (κ1) is 13.6. The summed E-state index contributed by atoms with van der Waals surface area (Å²) in [5, 5.41) is 9.03. The number of carboxylic acid groups (broad SMARTS) is 1. The van der Waals surface area contributed by atoms with Crippen molar-refractivity contribution in [1.29, 1.82) is 0 Å². The molecule has 1 fully saturated rings. The van der Waals surface area contributed by atoms with Gasteiger partial charge in [0.15, 0.2) is 0 Å². The first-order valence-electron chi connectivity index (χ1n) is 6.67. The van der Waals surface area contributed by atoms with Gasteiger partial charge in [-0.05, 0) is 37.8 Å². The third-order valence-electron chi connectivity index (χ3n) is 3.79. The molecule has 2 atom stereocenters. The summed E-state index contributed by atoms with van der Waals surface area (Å²) in [5.41, 5.74) is 0.158. The Morgan fingerprint density at radius 1 is 1.37 bits per heavy atom. The zero-order valence-electron chi connectivity index (χ0n) is 11.4. The molecular formula is C14H20N2O3. The average Bonchev–Trinajstić information content (AvgIpc) is 2.80. The lowest BCUT2D eigenvalue weighted by molar-refractivity contribution is -0.136. The molecule has 0 saturated carbocycles. The van der Waals surface area contributed by atoms with Gasteiger partial charge in [0.2, 0.25) is 5.91 Å². The largest absolute Gasteiger partial charge is 0.477 e. The molecule has 1 aromatic rings. The van der Waals surface area contributed by atoms with Crippen molar-refractivity contribution in [2.24, 2.45) is 5.92 Å². The summed E-state index contributed by atoms with van der Waals surface area (Å²) < 4.78 is 1.50. The predicted octanol–water partition coefficient (Wildman–Crippen LogP) is 1.83. The molecule has 1 aliphatic heterocycles. The number of carbonyl (C=O) groups excluding carboxylic acids is 1. The third kappa shape index (κ3) is 2.97. The molecule has 2 heterocycles. The number of aromatic nitrogens is 1. The molecule has 0 spiro atoms. The lowest BCUT2D eigenvalue weighted by Gasteiger charge is -2.37. The standard InChI is InChI=1S/C14H20N2O3/c1-10-5-6-11(2)16(8-10)13(17)9-15-7-3-4-12(15)14(18)19/h3-4,7,10-11H,5-6,8-9H2,1-2H3,(H,18,19). The molecule has 19 heavy (non-hydrogen) atoms. The number of hydrogen-bond acceptors (Lipinski definition) is 2. The van der Waals surface area contributed by atoms with Gasteiger partial charge in [0.05, 0.1) is 0 Å². The van der Waals surface area contributed by atoms with Crippen LogP contribution in [0.15, 0.2) is 18.3 Å². The maximum Gasteiger partial charge on any atom is 0.352 e. The van der Waals surface area contributed by atoms with Crippen molar-refractivity contribution in [3.8, 4) is 0 Å². The molecule has 1 saturated heterocycles. The lowest BCUT2D eigenvalue weighted by atomic mass is 9.95. The fraction of sp³-hybridized carbons (Fsp3) is 0.571. The highest BCUT2D eigenvalue weighted by Crippen LogP contribution is 2.21. The molecule has 0 radical (unpaired) electrons. The summed E-state index contributed by atoms with van der Waals surface area (Å²) >= 11 is 0. The number of carbonyl (C=O) groups is 2. The van der Waals surface area contributed by atoms with Gasteiger partial charge >= 0.3 is 5.97 Å². The molecule has 1 aliphatic rings. The van der Waals surface area contributed by atoms with E-state index >= 15 is 0 Å². The molecule has 1 N–H and O–H groups in total. The Labute approximate surface area is 112 Å². The smallest absolute Gasteiger partial charge is 0.352 e. The van der Waals surface area contributed by atoms with E-state index in [1.54, 1.807) is 12.3 Å². The zero-order chi connectivity index (χ0) is 14.0. The molecule has 2 unspecified atom stereocenters. The van der Waals surface area contributed by atoms with Crippen LogP contribution in [0.3, 0.4) is 0 Å². The minimum absolute atomic E-state index is 0.00208. The quantitative estimate of drug-likeness (QED) is 0.906. The van der Waals surface area contributed by atoms with E-state index < -0.39 is 5.97 Å². The molecular weight excluding hydrogens is 244 g/mol. The van der Waals surface area contributed by atoms with Gasteiger partial charge in [-0.1, -0.05) is 6.92 Å². The minimum atomic E-state index is -1.00. The predicted molar refractivity (Wildman–Crippen MR) is 71.0 cm³/mol. The van der Waals surface area contributed by atoms with Crippen molar-refractivity contribution in [3.63, 3.8) is 0 Å². The highest BCUT2D eigenvalue weighted by Gasteiger charge is 2.27. The van der Waals surface area contributed by atoms with Gasteiger partial charge in [0.25, 0.3) is 0 Å². The topological polar surface area (TPSA) is 62.5 Å². The van der Waals surface area contributed by atoms with Gasteiger partial charge in [-0.3, -0.25) is 4.79 Å². The van der Waals surface area contributed by atoms with Crippen molar-refractivity contribution < 1.29 is 14.7 Å². The molecule has 1 amide bonds. The van der Waals surface area contributed by atoms with Crippen LogP contribution in [0.1, 0.15) is 37.2 Å². The second-order valence-corrected chi connectivity index (χ2v) is 5.40. The summed E-state index contributed by atoms with van der Waals surface area (Å²) in [7, 11) is 0. The van der Waals surface area contributed by atoms with Crippen molar-refractivity contribution in [2.75, 3.05) is 6.54 Å². The highest BCUT2D eigenvalue weighted by atomic mass is 16.4. The van der Waals surface area contributed by atoms with Crippen LogP contribution in [0, 0.1) is 5.92 Å². The summed E-state index contributed by atoms with van der Waals surface area (Å²) in [4.78, 5) is 25.2. The Morgan fingerprint density at radius 3 is 2.79 bits per heavy atom. The number of carboxylic acids is 1. The van der Waals surface area contributed by atoms with Crippen LogP contribution in [0.2, 0.25) is 0 Å². The van der Waals surface area contributed by atoms with E-state index in [1.807, 2.05) is 4.90 Å². The molecule has 0 aliphatic carbocycles. The first-order chi connectivity index (χ1) is 8.99. The van der Waals surface area contributed by atoms with E-state index in [4.69, 9.17) is 5.11 Å². The second-order valence-electron chi connectivity index (χ2n) is 5.40. The van der Waals surface area contributed by atoms with Crippen LogP contribution in [0.4, 0.5) is 0 Å². The normalized spacial score (nSPS) is 23.4. The van der Waals surface area contributed by atoms with E-state index in [-0.39, 0.29) is 24.2 Å². The number of piperidine rings is 1. The number of amides is 1. The van der Waals surface area contributed by atoms with E-state index in [0.717, 1.165) is 19.4 Å². The number of aromatic carboxylic acids is 1. The van der Waals surface area contributed by atoms with Crippen LogP contribution >= 0.6 is 0 Å². The number of likely N-dealkylation sites (tertiary alicyclic amines) is 1. The summed E-state index contributed by atoms with van der Waals surface area (Å²) in [5.74, 6) is -0.487. The Hall–Kier alpha value is -1.78. The van der Waals surface area contributed by atoms with E-state index in [9.17, 15) is 9.59 Å². The van der Waals surface area contributed by atoms with E-state index in [2.05, 4.69) is 13.8 Å². The van der Waals surface area contributed by atoms with Crippen LogP contribution < -0.4 is 0 Å². The molecule has 0 bridgehead atoms. The second kappa shape index (κ2) is 5.47. The number of hydrogen-bond donors (Lipinski definition) is 1. The average molecular weight is 264 g/mol. The SMILES string of the molecule is CC1CCC(C)N(C(=O)Cn2cccc2C(=O)O)C1. The fourth-order valence-electron chi connectivity index (χ4n) is 2.62. The fourth-order valence-corrected chi connectivity index (χ4v) is 2.62. The van der Waals surface area contributed by atoms with Gasteiger partial charge in [0.1, 0.15) is 12.2 Å². The molecule has 0 aromatic carbocycles. The van der Waals surface area contributed by atoms with Gasteiger partial charge in [0, 0.05) is 18.8 Å². The third-order valence-corrected chi connectivity index (χ3v) is 3.79. The van der Waals surface area contributed by atoms with Crippen LogP contribution in [-0.4, -0.2) is 39.0 Å². The zero-order valence-corrected chi connectivity index (χ0v) is 11.4. The van der Waals surface area contributed by atoms with Crippen molar-refractivity contribution in [2.45, 2.75) is 39.3 Å². The molecule has 5 heteroatoms. The van der Waals surface area contributed by atoms with Gasteiger partial charge in [-0.2, -0.15) is 0 Å². The summed E-state index contributed by atoms with van der Waals surface area (Å²) in [6, 6.07) is 3.41. The maximum atomic E-state index is 12.3. The van der Waals surface area contributed by atoms with Gasteiger partial charge in [-0.15, -0.1) is 0 Å².